The molecule has 18 heavy (non-hydrogen) atoms. The highest BCUT2D eigenvalue weighted by Gasteiger charge is 2.20. The minimum atomic E-state index is -0.985. The van der Waals surface area contributed by atoms with Crippen molar-refractivity contribution in [2.24, 2.45) is 5.92 Å². The van der Waals surface area contributed by atoms with E-state index >= 15 is 0 Å². The van der Waals surface area contributed by atoms with E-state index in [1.165, 1.54) is 0 Å². The summed E-state index contributed by atoms with van der Waals surface area (Å²) in [4.78, 5) is 11.1. The lowest BCUT2D eigenvalue weighted by atomic mass is 10.1. The monoisotopic (exact) mass is 290 g/mol. The van der Waals surface area contributed by atoms with Gasteiger partial charge in [0.2, 0.25) is 0 Å². The minimum Gasteiger partial charge on any atom is -0.479 e. The van der Waals surface area contributed by atoms with Crippen LogP contribution in [0.15, 0.2) is 18.2 Å². The first-order valence-electron chi connectivity index (χ1n) is 5.68. The molecule has 0 amide bonds. The molecule has 100 valence electrons. The smallest absolute Gasteiger partial charge is 0.333 e. The summed E-state index contributed by atoms with van der Waals surface area (Å²) >= 11 is 11.8. The molecule has 1 N–H and O–H groups in total. The molecule has 3 nitrogen and oxygen atoms in total. The van der Waals surface area contributed by atoms with Crippen molar-refractivity contribution in [1.82, 2.24) is 0 Å². The van der Waals surface area contributed by atoms with Gasteiger partial charge in [-0.15, -0.1) is 0 Å². The molecular formula is C13H16Cl2O3. The number of hydrogen-bond acceptors (Lipinski definition) is 2. The molecule has 0 aromatic heterocycles. The molecule has 0 saturated carbocycles. The van der Waals surface area contributed by atoms with Crippen molar-refractivity contribution >= 4 is 29.2 Å². The number of benzene rings is 1. The quantitative estimate of drug-likeness (QED) is 0.870. The van der Waals surface area contributed by atoms with Crippen LogP contribution in [0.1, 0.15) is 19.4 Å². The van der Waals surface area contributed by atoms with Gasteiger partial charge in [0.1, 0.15) is 0 Å². The predicted molar refractivity (Wildman–Crippen MR) is 72.4 cm³/mol. The Morgan fingerprint density at radius 3 is 2.56 bits per heavy atom. The summed E-state index contributed by atoms with van der Waals surface area (Å²) in [6, 6.07) is 5.00. The van der Waals surface area contributed by atoms with Gasteiger partial charge in [-0.3, -0.25) is 0 Å². The average molecular weight is 291 g/mol. The molecule has 0 heterocycles. The van der Waals surface area contributed by atoms with Crippen molar-refractivity contribution in [2.45, 2.75) is 26.4 Å². The molecule has 5 heteroatoms. The Labute approximate surface area is 117 Å². The van der Waals surface area contributed by atoms with E-state index in [0.29, 0.717) is 16.7 Å². The summed E-state index contributed by atoms with van der Waals surface area (Å²) in [6.07, 6.45) is -0.649. The lowest BCUT2D eigenvalue weighted by Crippen LogP contribution is -2.28. The molecule has 0 aliphatic carbocycles. The third-order valence-corrected chi connectivity index (χ3v) is 2.91. The SMILES string of the molecule is CC(C)CO[C@@H](Cc1ccc(Cl)cc1Cl)C(=O)O. The van der Waals surface area contributed by atoms with Gasteiger partial charge in [0.25, 0.3) is 0 Å². The highest BCUT2D eigenvalue weighted by Crippen LogP contribution is 2.22. The van der Waals surface area contributed by atoms with Crippen molar-refractivity contribution in [3.8, 4) is 0 Å². The Balaban J connectivity index is 2.73. The molecule has 0 spiro atoms. The molecule has 1 rings (SSSR count). The van der Waals surface area contributed by atoms with Crippen LogP contribution in [-0.4, -0.2) is 23.8 Å². The molecule has 0 fully saturated rings. The molecular weight excluding hydrogens is 275 g/mol. The minimum absolute atomic E-state index is 0.234. The van der Waals surface area contributed by atoms with E-state index in [9.17, 15) is 4.79 Å². The fourth-order valence-corrected chi connectivity index (χ4v) is 1.90. The summed E-state index contributed by atoms with van der Waals surface area (Å²) in [5.41, 5.74) is 0.720. The highest BCUT2D eigenvalue weighted by molar-refractivity contribution is 6.35. The van der Waals surface area contributed by atoms with Gasteiger partial charge in [-0.2, -0.15) is 0 Å². The first-order chi connectivity index (χ1) is 8.40. The number of carboxylic acid groups (broad SMARTS) is 1. The molecule has 0 bridgehead atoms. The van der Waals surface area contributed by atoms with Crippen LogP contribution in [0, 0.1) is 5.92 Å². The van der Waals surface area contributed by atoms with E-state index in [1.807, 2.05) is 13.8 Å². The molecule has 0 aliphatic heterocycles. The Kier molecular flexibility index (Phi) is 5.93. The summed E-state index contributed by atoms with van der Waals surface area (Å²) < 4.78 is 5.36. The Hall–Kier alpha value is -0.770. The van der Waals surface area contributed by atoms with Gasteiger partial charge in [-0.25, -0.2) is 4.79 Å². The normalized spacial score (nSPS) is 12.7. The van der Waals surface area contributed by atoms with Gasteiger partial charge in [-0.05, 0) is 23.6 Å². The van der Waals surface area contributed by atoms with E-state index in [4.69, 9.17) is 33.0 Å². The zero-order chi connectivity index (χ0) is 13.7. The first kappa shape index (κ1) is 15.3. The third-order valence-electron chi connectivity index (χ3n) is 2.33. The summed E-state index contributed by atoms with van der Waals surface area (Å²) in [5, 5.41) is 10.1. The van der Waals surface area contributed by atoms with Crippen LogP contribution in [0.25, 0.3) is 0 Å². The Morgan fingerprint density at radius 2 is 2.06 bits per heavy atom. The molecule has 0 aliphatic rings. The number of rotatable bonds is 6. The number of halogens is 2. The van der Waals surface area contributed by atoms with Crippen molar-refractivity contribution < 1.29 is 14.6 Å². The average Bonchev–Trinajstić information content (AvgIpc) is 2.26. The van der Waals surface area contributed by atoms with Crippen LogP contribution in [0.5, 0.6) is 0 Å². The van der Waals surface area contributed by atoms with Crippen molar-refractivity contribution in [3.05, 3.63) is 33.8 Å². The van der Waals surface area contributed by atoms with E-state index in [1.54, 1.807) is 18.2 Å². The van der Waals surface area contributed by atoms with Crippen LogP contribution in [0.2, 0.25) is 10.0 Å². The topological polar surface area (TPSA) is 46.5 Å². The van der Waals surface area contributed by atoms with Crippen LogP contribution in [-0.2, 0) is 16.0 Å². The van der Waals surface area contributed by atoms with Gasteiger partial charge in [0, 0.05) is 16.5 Å². The Bertz CT molecular complexity index is 419. The van der Waals surface area contributed by atoms with Crippen molar-refractivity contribution in [3.63, 3.8) is 0 Å². The zero-order valence-corrected chi connectivity index (χ0v) is 11.8. The summed E-state index contributed by atoms with van der Waals surface area (Å²) in [7, 11) is 0. The number of ether oxygens (including phenoxy) is 1. The number of carbonyl (C=O) groups is 1. The lowest BCUT2D eigenvalue weighted by molar-refractivity contribution is -0.150. The standard InChI is InChI=1S/C13H16Cl2O3/c1-8(2)7-18-12(13(16)17)5-9-3-4-10(14)6-11(9)15/h3-4,6,8,12H,5,7H2,1-2H3,(H,16,17)/t12-/m0/s1. The van der Waals surface area contributed by atoms with Crippen LogP contribution in [0.4, 0.5) is 0 Å². The highest BCUT2D eigenvalue weighted by atomic mass is 35.5. The number of aliphatic carboxylic acids is 1. The molecule has 1 aromatic carbocycles. The second kappa shape index (κ2) is 6.98. The largest absolute Gasteiger partial charge is 0.479 e. The molecule has 1 aromatic rings. The van der Waals surface area contributed by atoms with Gasteiger partial charge in [-0.1, -0.05) is 43.1 Å². The van der Waals surface area contributed by atoms with Gasteiger partial charge in [0.05, 0.1) is 6.61 Å². The maximum Gasteiger partial charge on any atom is 0.333 e. The fraction of sp³-hybridized carbons (Fsp3) is 0.462. The summed E-state index contributed by atoms with van der Waals surface area (Å²) in [6.45, 7) is 4.34. The van der Waals surface area contributed by atoms with Crippen LogP contribution in [0.3, 0.4) is 0 Å². The van der Waals surface area contributed by atoms with Crippen LogP contribution < -0.4 is 0 Å². The van der Waals surface area contributed by atoms with Gasteiger partial charge >= 0.3 is 5.97 Å². The maximum atomic E-state index is 11.1. The first-order valence-corrected chi connectivity index (χ1v) is 6.44. The van der Waals surface area contributed by atoms with Crippen LogP contribution >= 0.6 is 23.2 Å². The van der Waals surface area contributed by atoms with E-state index in [-0.39, 0.29) is 12.3 Å². The van der Waals surface area contributed by atoms with Gasteiger partial charge in [0.15, 0.2) is 6.10 Å². The predicted octanol–water partition coefficient (Wildman–Crippen LogP) is 3.66. The number of hydrogen-bond donors (Lipinski definition) is 1. The third kappa shape index (κ3) is 4.84. The molecule has 0 unspecified atom stereocenters. The fourth-order valence-electron chi connectivity index (χ4n) is 1.41. The molecule has 0 radical (unpaired) electrons. The molecule has 0 saturated heterocycles. The number of carboxylic acids is 1. The molecule has 1 atom stereocenters. The second-order valence-electron chi connectivity index (χ2n) is 4.49. The van der Waals surface area contributed by atoms with Gasteiger partial charge < -0.3 is 9.84 Å². The second-order valence-corrected chi connectivity index (χ2v) is 5.34. The van der Waals surface area contributed by atoms with E-state index in [2.05, 4.69) is 0 Å². The van der Waals surface area contributed by atoms with E-state index in [0.717, 1.165) is 5.56 Å². The van der Waals surface area contributed by atoms with Crippen molar-refractivity contribution in [1.29, 1.82) is 0 Å². The van der Waals surface area contributed by atoms with Crippen molar-refractivity contribution in [2.75, 3.05) is 6.61 Å². The maximum absolute atomic E-state index is 11.1. The zero-order valence-electron chi connectivity index (χ0n) is 10.3. The van der Waals surface area contributed by atoms with E-state index < -0.39 is 12.1 Å². The summed E-state index contributed by atoms with van der Waals surface area (Å²) in [5.74, 6) is -0.700. The lowest BCUT2D eigenvalue weighted by Gasteiger charge is -2.16. The Morgan fingerprint density at radius 1 is 1.39 bits per heavy atom.